The van der Waals surface area contributed by atoms with E-state index in [0.717, 1.165) is 21.2 Å². The van der Waals surface area contributed by atoms with Gasteiger partial charge in [0.15, 0.2) is 0 Å². The topological polar surface area (TPSA) is 73.3 Å². The predicted molar refractivity (Wildman–Crippen MR) is 77.0 cm³/mol. The Morgan fingerprint density at radius 3 is 2.55 bits per heavy atom. The Morgan fingerprint density at radius 2 is 2.00 bits per heavy atom. The van der Waals surface area contributed by atoms with Crippen LogP contribution in [0.5, 0.6) is 0 Å². The van der Waals surface area contributed by atoms with Crippen LogP contribution in [-0.4, -0.2) is 19.5 Å². The lowest BCUT2D eigenvalue weighted by atomic mass is 10.1. The standard InChI is InChI=1S/C13H12N4O2S/c1-8(2)12-15-16-7-11(14-13(16)20-12)9-3-5-10(6-4-9)17(18)19/h3-8H,1-2H3. The maximum atomic E-state index is 10.6. The molecule has 0 saturated heterocycles. The first-order valence-electron chi connectivity index (χ1n) is 6.15. The van der Waals surface area contributed by atoms with Crippen LogP contribution in [0.25, 0.3) is 16.2 Å². The van der Waals surface area contributed by atoms with E-state index in [2.05, 4.69) is 23.9 Å². The monoisotopic (exact) mass is 288 g/mol. The number of non-ortho nitro benzene ring substituents is 1. The summed E-state index contributed by atoms with van der Waals surface area (Å²) < 4.78 is 1.76. The molecule has 0 saturated carbocycles. The summed E-state index contributed by atoms with van der Waals surface area (Å²) in [6, 6.07) is 6.37. The molecule has 6 nitrogen and oxygen atoms in total. The molecule has 0 spiro atoms. The summed E-state index contributed by atoms with van der Waals surface area (Å²) in [6.45, 7) is 4.19. The number of hydrogen-bond acceptors (Lipinski definition) is 5. The molecule has 3 rings (SSSR count). The Hall–Kier alpha value is -2.28. The third-order valence-corrected chi connectivity index (χ3v) is 4.15. The van der Waals surface area contributed by atoms with Gasteiger partial charge in [0.05, 0.1) is 16.8 Å². The van der Waals surface area contributed by atoms with E-state index in [1.807, 2.05) is 6.20 Å². The van der Waals surface area contributed by atoms with Crippen molar-refractivity contribution in [3.8, 4) is 11.3 Å². The van der Waals surface area contributed by atoms with Crippen molar-refractivity contribution in [2.75, 3.05) is 0 Å². The number of nitro groups is 1. The highest BCUT2D eigenvalue weighted by Crippen LogP contribution is 2.26. The number of imidazole rings is 1. The van der Waals surface area contributed by atoms with Crippen LogP contribution in [0.15, 0.2) is 30.5 Å². The molecule has 2 aromatic heterocycles. The van der Waals surface area contributed by atoms with E-state index in [-0.39, 0.29) is 5.69 Å². The second-order valence-electron chi connectivity index (χ2n) is 4.75. The van der Waals surface area contributed by atoms with Crippen molar-refractivity contribution >= 4 is 22.0 Å². The smallest absolute Gasteiger partial charge is 0.258 e. The largest absolute Gasteiger partial charge is 0.269 e. The Bertz CT molecular complexity index is 742. The molecular formula is C13H12N4O2S. The maximum absolute atomic E-state index is 10.6. The fourth-order valence-corrected chi connectivity index (χ4v) is 2.72. The van der Waals surface area contributed by atoms with Gasteiger partial charge in [0.2, 0.25) is 4.96 Å². The van der Waals surface area contributed by atoms with Gasteiger partial charge in [-0.15, -0.1) is 0 Å². The summed E-state index contributed by atoms with van der Waals surface area (Å²) >= 11 is 1.56. The first-order chi connectivity index (χ1) is 9.54. The molecular weight excluding hydrogens is 276 g/mol. The van der Waals surface area contributed by atoms with Gasteiger partial charge in [0.25, 0.3) is 5.69 Å². The van der Waals surface area contributed by atoms with Crippen LogP contribution in [0, 0.1) is 10.1 Å². The number of rotatable bonds is 3. The molecule has 1 aromatic carbocycles. The molecule has 7 heteroatoms. The second-order valence-corrected chi connectivity index (χ2v) is 5.74. The fourth-order valence-electron chi connectivity index (χ4n) is 1.84. The minimum Gasteiger partial charge on any atom is -0.258 e. The van der Waals surface area contributed by atoms with Gasteiger partial charge < -0.3 is 0 Å². The van der Waals surface area contributed by atoms with E-state index >= 15 is 0 Å². The quantitative estimate of drug-likeness (QED) is 0.546. The zero-order valence-electron chi connectivity index (χ0n) is 11.0. The van der Waals surface area contributed by atoms with Crippen molar-refractivity contribution in [3.63, 3.8) is 0 Å². The molecule has 0 unspecified atom stereocenters. The van der Waals surface area contributed by atoms with Gasteiger partial charge in [-0.05, 0) is 12.1 Å². The normalized spacial score (nSPS) is 11.3. The summed E-state index contributed by atoms with van der Waals surface area (Å²) in [4.78, 5) is 15.6. The van der Waals surface area contributed by atoms with E-state index in [1.165, 1.54) is 12.1 Å². The van der Waals surface area contributed by atoms with Crippen molar-refractivity contribution in [1.29, 1.82) is 0 Å². The number of aromatic nitrogens is 3. The molecule has 2 heterocycles. The van der Waals surface area contributed by atoms with E-state index in [9.17, 15) is 10.1 Å². The number of hydrogen-bond donors (Lipinski definition) is 0. The molecule has 0 aliphatic rings. The summed E-state index contributed by atoms with van der Waals surface area (Å²) in [7, 11) is 0. The van der Waals surface area contributed by atoms with Crippen LogP contribution in [-0.2, 0) is 0 Å². The van der Waals surface area contributed by atoms with E-state index in [4.69, 9.17) is 0 Å². The molecule has 0 fully saturated rings. The molecule has 0 N–H and O–H groups in total. The lowest BCUT2D eigenvalue weighted by Gasteiger charge is -1.96. The average molecular weight is 288 g/mol. The first-order valence-corrected chi connectivity index (χ1v) is 6.97. The number of benzene rings is 1. The zero-order valence-corrected chi connectivity index (χ0v) is 11.8. The van der Waals surface area contributed by atoms with Gasteiger partial charge in [-0.3, -0.25) is 10.1 Å². The van der Waals surface area contributed by atoms with Crippen molar-refractivity contribution in [3.05, 3.63) is 45.6 Å². The fraction of sp³-hybridized carbons (Fsp3) is 0.231. The summed E-state index contributed by atoms with van der Waals surface area (Å²) in [6.07, 6.45) is 1.85. The van der Waals surface area contributed by atoms with Crippen LogP contribution in [0.3, 0.4) is 0 Å². The van der Waals surface area contributed by atoms with Gasteiger partial charge in [-0.2, -0.15) is 5.10 Å². The lowest BCUT2D eigenvalue weighted by molar-refractivity contribution is -0.384. The SMILES string of the molecule is CC(C)c1nn2cc(-c3ccc([N+](=O)[O-])cc3)nc2s1. The van der Waals surface area contributed by atoms with E-state index in [0.29, 0.717) is 5.92 Å². The van der Waals surface area contributed by atoms with Crippen molar-refractivity contribution in [2.24, 2.45) is 0 Å². The molecule has 102 valence electrons. The number of nitro benzene ring substituents is 1. The van der Waals surface area contributed by atoms with Crippen molar-refractivity contribution in [2.45, 2.75) is 19.8 Å². The molecule has 20 heavy (non-hydrogen) atoms. The predicted octanol–water partition coefficient (Wildman–Crippen LogP) is 3.49. The Balaban J connectivity index is 1.97. The molecule has 0 atom stereocenters. The minimum atomic E-state index is -0.411. The van der Waals surface area contributed by atoms with Crippen LogP contribution < -0.4 is 0 Å². The van der Waals surface area contributed by atoms with E-state index < -0.39 is 4.92 Å². The molecule has 0 aliphatic heterocycles. The highest BCUT2D eigenvalue weighted by atomic mass is 32.1. The highest BCUT2D eigenvalue weighted by molar-refractivity contribution is 7.16. The van der Waals surface area contributed by atoms with Crippen molar-refractivity contribution in [1.82, 2.24) is 14.6 Å². The maximum Gasteiger partial charge on any atom is 0.269 e. The lowest BCUT2D eigenvalue weighted by Crippen LogP contribution is -1.88. The second kappa shape index (κ2) is 4.68. The molecule has 0 aliphatic carbocycles. The van der Waals surface area contributed by atoms with E-state index in [1.54, 1.807) is 28.0 Å². The van der Waals surface area contributed by atoms with Gasteiger partial charge in [0.1, 0.15) is 5.01 Å². The van der Waals surface area contributed by atoms with Crippen LogP contribution >= 0.6 is 11.3 Å². The highest BCUT2D eigenvalue weighted by Gasteiger charge is 2.12. The Kier molecular flexibility index (Phi) is 2.98. The Morgan fingerprint density at radius 1 is 1.30 bits per heavy atom. The van der Waals surface area contributed by atoms with Gasteiger partial charge in [-0.1, -0.05) is 25.2 Å². The third-order valence-electron chi connectivity index (χ3n) is 2.93. The Labute approximate surface area is 118 Å². The number of fused-ring (bicyclic) bond motifs is 1. The van der Waals surface area contributed by atoms with Gasteiger partial charge >= 0.3 is 0 Å². The average Bonchev–Trinajstić information content (AvgIpc) is 2.96. The minimum absolute atomic E-state index is 0.0787. The summed E-state index contributed by atoms with van der Waals surface area (Å²) in [5.74, 6) is 0.379. The molecule has 0 bridgehead atoms. The van der Waals surface area contributed by atoms with Crippen molar-refractivity contribution < 1.29 is 4.92 Å². The summed E-state index contributed by atoms with van der Waals surface area (Å²) in [5, 5.41) is 16.1. The third kappa shape index (κ3) is 2.16. The number of nitrogens with zero attached hydrogens (tertiary/aromatic N) is 4. The van der Waals surface area contributed by atoms with Gasteiger partial charge in [0, 0.05) is 23.6 Å². The van der Waals surface area contributed by atoms with Gasteiger partial charge in [-0.25, -0.2) is 9.50 Å². The molecule has 0 radical (unpaired) electrons. The summed E-state index contributed by atoms with van der Waals surface area (Å²) in [5.41, 5.74) is 1.70. The van der Waals surface area contributed by atoms with Crippen LogP contribution in [0.4, 0.5) is 5.69 Å². The zero-order chi connectivity index (χ0) is 14.3. The van der Waals surface area contributed by atoms with Crippen LogP contribution in [0.2, 0.25) is 0 Å². The molecule has 3 aromatic rings. The van der Waals surface area contributed by atoms with Crippen LogP contribution in [0.1, 0.15) is 24.8 Å². The first kappa shape index (κ1) is 12.7. The molecule has 0 amide bonds.